The molecule has 3 nitrogen and oxygen atoms in total. The highest BCUT2D eigenvalue weighted by Crippen LogP contribution is 2.06. The van der Waals surface area contributed by atoms with Crippen LogP contribution >= 0.6 is 12.2 Å². The Hall–Kier alpha value is -0.640. The molecule has 0 aliphatic heterocycles. The normalized spacial score (nSPS) is 10.8. The number of aromatic nitrogens is 3. The zero-order valence-electron chi connectivity index (χ0n) is 6.38. The van der Waals surface area contributed by atoms with Crippen LogP contribution in [0.15, 0.2) is 0 Å². The highest BCUT2D eigenvalue weighted by Gasteiger charge is 2.02. The number of aryl methyl sites for hydroxylation is 1. The van der Waals surface area contributed by atoms with Crippen molar-refractivity contribution < 1.29 is 0 Å². The Labute approximate surface area is 65.1 Å². The first kappa shape index (κ1) is 7.47. The molecule has 0 aliphatic rings. The average Bonchev–Trinajstić information content (AvgIpc) is 2.11. The van der Waals surface area contributed by atoms with E-state index in [1.807, 2.05) is 11.5 Å². The Morgan fingerprint density at radius 1 is 1.60 bits per heavy atom. The van der Waals surface area contributed by atoms with E-state index < -0.39 is 0 Å². The zero-order valence-corrected chi connectivity index (χ0v) is 7.20. The number of nitrogens with one attached hydrogen (secondary N) is 1. The Bertz CT molecular complexity index is 271. The first-order chi connectivity index (χ1) is 4.63. The molecule has 0 radical (unpaired) electrons. The van der Waals surface area contributed by atoms with Crippen molar-refractivity contribution in [2.75, 3.05) is 0 Å². The van der Waals surface area contributed by atoms with Gasteiger partial charge in [-0.2, -0.15) is 5.10 Å². The van der Waals surface area contributed by atoms with E-state index in [1.165, 1.54) is 0 Å². The maximum Gasteiger partial charge on any atom is 0.195 e. The van der Waals surface area contributed by atoms with E-state index in [0.29, 0.717) is 10.8 Å². The van der Waals surface area contributed by atoms with Gasteiger partial charge in [0.05, 0.1) is 0 Å². The maximum absolute atomic E-state index is 4.99. The van der Waals surface area contributed by atoms with Gasteiger partial charge in [0, 0.05) is 6.04 Å². The Morgan fingerprint density at radius 2 is 2.20 bits per heavy atom. The van der Waals surface area contributed by atoms with E-state index in [0.717, 1.165) is 5.82 Å². The molecule has 10 heavy (non-hydrogen) atoms. The molecule has 0 aliphatic carbocycles. The molecule has 4 heteroatoms. The Balaban J connectivity index is 3.23. The molecule has 0 fully saturated rings. The first-order valence-electron chi connectivity index (χ1n) is 3.26. The summed E-state index contributed by atoms with van der Waals surface area (Å²) in [6, 6.07) is 0.395. The lowest BCUT2D eigenvalue weighted by Gasteiger charge is -2.06. The molecule has 1 aromatic rings. The molecule has 1 rings (SSSR count). The summed E-state index contributed by atoms with van der Waals surface area (Å²) < 4.78 is 2.68. The lowest BCUT2D eigenvalue weighted by atomic mass is 10.4. The van der Waals surface area contributed by atoms with Crippen LogP contribution < -0.4 is 0 Å². The molecule has 0 spiro atoms. The predicted molar refractivity (Wildman–Crippen MR) is 42.5 cm³/mol. The first-order valence-corrected chi connectivity index (χ1v) is 3.67. The zero-order chi connectivity index (χ0) is 7.72. The van der Waals surface area contributed by atoms with E-state index in [2.05, 4.69) is 24.0 Å². The quantitative estimate of drug-likeness (QED) is 0.631. The second-order valence-electron chi connectivity index (χ2n) is 2.54. The van der Waals surface area contributed by atoms with Gasteiger partial charge in [0.15, 0.2) is 4.77 Å². The van der Waals surface area contributed by atoms with Gasteiger partial charge >= 0.3 is 0 Å². The summed E-state index contributed by atoms with van der Waals surface area (Å²) in [5, 5.41) is 6.72. The second kappa shape index (κ2) is 2.54. The minimum atomic E-state index is 0.395. The van der Waals surface area contributed by atoms with Crippen molar-refractivity contribution >= 4 is 12.2 Å². The third-order valence-corrected chi connectivity index (χ3v) is 1.69. The van der Waals surface area contributed by atoms with Crippen molar-refractivity contribution in [3.05, 3.63) is 10.6 Å². The van der Waals surface area contributed by atoms with Crippen molar-refractivity contribution in [1.29, 1.82) is 0 Å². The van der Waals surface area contributed by atoms with Gasteiger partial charge in [0.25, 0.3) is 0 Å². The molecule has 0 aromatic carbocycles. The van der Waals surface area contributed by atoms with Gasteiger partial charge in [0.1, 0.15) is 5.82 Å². The SMILES string of the molecule is Cc1n[nH]c(=S)n1C(C)C. The van der Waals surface area contributed by atoms with Gasteiger partial charge in [-0.05, 0) is 33.0 Å². The van der Waals surface area contributed by atoms with E-state index in [4.69, 9.17) is 12.2 Å². The van der Waals surface area contributed by atoms with Gasteiger partial charge in [-0.1, -0.05) is 0 Å². The fourth-order valence-electron chi connectivity index (χ4n) is 0.992. The molecule has 0 saturated carbocycles. The van der Waals surface area contributed by atoms with Crippen LogP contribution in [0.2, 0.25) is 0 Å². The Morgan fingerprint density at radius 3 is 2.40 bits per heavy atom. The predicted octanol–water partition coefficient (Wildman–Crippen LogP) is 1.83. The third-order valence-electron chi connectivity index (χ3n) is 1.40. The largest absolute Gasteiger partial charge is 0.302 e. The van der Waals surface area contributed by atoms with Crippen LogP contribution in [-0.2, 0) is 0 Å². The highest BCUT2D eigenvalue weighted by atomic mass is 32.1. The van der Waals surface area contributed by atoms with Gasteiger partial charge in [0.2, 0.25) is 0 Å². The van der Waals surface area contributed by atoms with Crippen molar-refractivity contribution in [3.63, 3.8) is 0 Å². The number of rotatable bonds is 1. The summed E-state index contributed by atoms with van der Waals surface area (Å²) in [6.45, 7) is 6.10. The van der Waals surface area contributed by atoms with Crippen LogP contribution in [0.25, 0.3) is 0 Å². The van der Waals surface area contributed by atoms with E-state index in [-0.39, 0.29) is 0 Å². The minimum absolute atomic E-state index is 0.395. The van der Waals surface area contributed by atoms with Gasteiger partial charge < -0.3 is 4.57 Å². The highest BCUT2D eigenvalue weighted by molar-refractivity contribution is 7.71. The summed E-state index contributed by atoms with van der Waals surface area (Å²) in [7, 11) is 0. The molecule has 1 heterocycles. The number of nitrogens with zero attached hydrogens (tertiary/aromatic N) is 2. The van der Waals surface area contributed by atoms with E-state index in [9.17, 15) is 0 Å². The third kappa shape index (κ3) is 1.11. The lowest BCUT2D eigenvalue weighted by molar-refractivity contribution is 0.575. The molecule has 0 unspecified atom stereocenters. The van der Waals surface area contributed by atoms with Gasteiger partial charge in [-0.15, -0.1) is 0 Å². The van der Waals surface area contributed by atoms with Gasteiger partial charge in [-0.3, -0.25) is 5.10 Å². The second-order valence-corrected chi connectivity index (χ2v) is 2.93. The molecular formula is C6H11N3S. The molecule has 1 N–H and O–H groups in total. The molecular weight excluding hydrogens is 146 g/mol. The summed E-state index contributed by atoms with van der Waals surface area (Å²) in [4.78, 5) is 0. The molecule has 0 atom stereocenters. The molecule has 0 saturated heterocycles. The number of H-pyrrole nitrogens is 1. The topological polar surface area (TPSA) is 33.6 Å². The number of hydrogen-bond donors (Lipinski definition) is 1. The van der Waals surface area contributed by atoms with Crippen molar-refractivity contribution in [1.82, 2.24) is 14.8 Å². The minimum Gasteiger partial charge on any atom is -0.302 e. The molecule has 56 valence electrons. The van der Waals surface area contributed by atoms with Crippen molar-refractivity contribution in [3.8, 4) is 0 Å². The number of aromatic amines is 1. The Kier molecular flexibility index (Phi) is 1.89. The summed E-state index contributed by atoms with van der Waals surface area (Å²) >= 11 is 4.99. The molecule has 0 bridgehead atoms. The standard InChI is InChI=1S/C6H11N3S/c1-4(2)9-5(3)7-8-6(9)10/h4H,1-3H3,(H,8,10). The summed E-state index contributed by atoms with van der Waals surface area (Å²) in [6.07, 6.45) is 0. The van der Waals surface area contributed by atoms with Crippen LogP contribution in [0, 0.1) is 11.7 Å². The maximum atomic E-state index is 4.99. The van der Waals surface area contributed by atoms with Gasteiger partial charge in [-0.25, -0.2) is 0 Å². The molecule has 1 aromatic heterocycles. The fourth-order valence-corrected chi connectivity index (χ4v) is 1.38. The van der Waals surface area contributed by atoms with E-state index in [1.54, 1.807) is 0 Å². The van der Waals surface area contributed by atoms with Crippen LogP contribution in [0.4, 0.5) is 0 Å². The molecule has 0 amide bonds. The van der Waals surface area contributed by atoms with Crippen LogP contribution in [0.3, 0.4) is 0 Å². The van der Waals surface area contributed by atoms with E-state index >= 15 is 0 Å². The fraction of sp³-hybridized carbons (Fsp3) is 0.667. The lowest BCUT2D eigenvalue weighted by Crippen LogP contribution is -2.02. The van der Waals surface area contributed by atoms with Crippen LogP contribution in [0.5, 0.6) is 0 Å². The monoisotopic (exact) mass is 157 g/mol. The average molecular weight is 157 g/mol. The summed E-state index contributed by atoms with van der Waals surface area (Å²) in [5.41, 5.74) is 0. The van der Waals surface area contributed by atoms with Crippen molar-refractivity contribution in [2.24, 2.45) is 0 Å². The number of hydrogen-bond acceptors (Lipinski definition) is 2. The van der Waals surface area contributed by atoms with Crippen LogP contribution in [0.1, 0.15) is 25.7 Å². The van der Waals surface area contributed by atoms with Crippen LogP contribution in [-0.4, -0.2) is 14.8 Å². The summed E-state index contributed by atoms with van der Waals surface area (Å²) in [5.74, 6) is 0.944. The smallest absolute Gasteiger partial charge is 0.195 e. The van der Waals surface area contributed by atoms with Crippen molar-refractivity contribution in [2.45, 2.75) is 26.8 Å².